The first-order valence-corrected chi connectivity index (χ1v) is 7.13. The molecule has 90 valence electrons. The Morgan fingerprint density at radius 3 is 2.35 bits per heavy atom. The van der Waals surface area contributed by atoms with Crippen LogP contribution >= 0.6 is 34.9 Å². The van der Waals surface area contributed by atoms with Gasteiger partial charge in [0.2, 0.25) is 0 Å². The fourth-order valence-electron chi connectivity index (χ4n) is 1.22. The second-order valence-electron chi connectivity index (χ2n) is 3.58. The van der Waals surface area contributed by atoms with E-state index in [0.717, 1.165) is 27.8 Å². The van der Waals surface area contributed by atoms with Crippen LogP contribution in [0.3, 0.4) is 0 Å². The topological polar surface area (TPSA) is 51.6 Å². The summed E-state index contributed by atoms with van der Waals surface area (Å²) in [6.07, 6.45) is 0. The molecule has 2 heterocycles. The van der Waals surface area contributed by atoms with Crippen LogP contribution in [0.25, 0.3) is 0 Å². The van der Waals surface area contributed by atoms with E-state index in [4.69, 9.17) is 11.6 Å². The van der Waals surface area contributed by atoms with Gasteiger partial charge < -0.3 is 0 Å². The molecule has 0 saturated carbocycles. The van der Waals surface area contributed by atoms with E-state index in [1.165, 1.54) is 23.3 Å². The van der Waals surface area contributed by atoms with Gasteiger partial charge in [0.25, 0.3) is 0 Å². The van der Waals surface area contributed by atoms with Gasteiger partial charge in [0.05, 0.1) is 0 Å². The monoisotopic (exact) mass is 286 g/mol. The van der Waals surface area contributed by atoms with Crippen molar-refractivity contribution in [3.63, 3.8) is 0 Å². The predicted octanol–water partition coefficient (Wildman–Crippen LogP) is 3.20. The Bertz CT molecular complexity index is 518. The molecule has 0 radical (unpaired) electrons. The second-order valence-corrected chi connectivity index (χ2v) is 5.88. The van der Waals surface area contributed by atoms with E-state index in [-0.39, 0.29) is 0 Å². The Kier molecular flexibility index (Phi) is 3.96. The summed E-state index contributed by atoms with van der Waals surface area (Å²) < 4.78 is 4.43. The minimum atomic E-state index is 0.637. The maximum Gasteiger partial charge on any atom is 0.188 e. The van der Waals surface area contributed by atoms with Gasteiger partial charge in [0, 0.05) is 28.7 Å². The standard InChI is InChI=1S/C10H11ClN4S2/c1-5-6(2)12-10(13-7(5)3)16-4-8-9(11)17-15-14-8/h4H2,1-3H3. The van der Waals surface area contributed by atoms with E-state index in [2.05, 4.69) is 19.6 Å². The van der Waals surface area contributed by atoms with E-state index < -0.39 is 0 Å². The third-order valence-electron chi connectivity index (χ3n) is 2.46. The van der Waals surface area contributed by atoms with Crippen molar-refractivity contribution in [1.29, 1.82) is 0 Å². The summed E-state index contributed by atoms with van der Waals surface area (Å²) in [7, 11) is 0. The number of halogens is 1. The van der Waals surface area contributed by atoms with Crippen molar-refractivity contribution in [1.82, 2.24) is 19.6 Å². The van der Waals surface area contributed by atoms with E-state index in [1.54, 1.807) is 0 Å². The number of rotatable bonds is 3. The molecule has 0 aromatic carbocycles. The maximum absolute atomic E-state index is 5.93. The lowest BCUT2D eigenvalue weighted by molar-refractivity contribution is 0.879. The molecular formula is C10H11ClN4S2. The van der Waals surface area contributed by atoms with Crippen LogP contribution in [0.5, 0.6) is 0 Å². The molecular weight excluding hydrogens is 276 g/mol. The maximum atomic E-state index is 5.93. The first kappa shape index (κ1) is 12.7. The van der Waals surface area contributed by atoms with Crippen molar-refractivity contribution in [3.8, 4) is 0 Å². The quantitative estimate of drug-likeness (QED) is 0.641. The number of thioether (sulfide) groups is 1. The Balaban J connectivity index is 2.12. The summed E-state index contributed by atoms with van der Waals surface area (Å²) in [6, 6.07) is 0. The molecule has 0 aliphatic carbocycles. The van der Waals surface area contributed by atoms with Crippen molar-refractivity contribution < 1.29 is 0 Å². The lowest BCUT2D eigenvalue weighted by Gasteiger charge is -2.05. The van der Waals surface area contributed by atoms with Gasteiger partial charge in [-0.15, -0.1) is 5.10 Å². The molecule has 0 amide bonds. The molecule has 0 saturated heterocycles. The molecule has 0 unspecified atom stereocenters. The molecule has 0 fully saturated rings. The number of aryl methyl sites for hydroxylation is 2. The Morgan fingerprint density at radius 1 is 1.18 bits per heavy atom. The van der Waals surface area contributed by atoms with Crippen molar-refractivity contribution in [2.24, 2.45) is 0 Å². The third-order valence-corrected chi connectivity index (χ3v) is 4.30. The van der Waals surface area contributed by atoms with Crippen LogP contribution in [0, 0.1) is 20.8 Å². The lowest BCUT2D eigenvalue weighted by Crippen LogP contribution is -1.98. The Morgan fingerprint density at radius 2 is 1.82 bits per heavy atom. The molecule has 7 heteroatoms. The zero-order valence-electron chi connectivity index (χ0n) is 9.69. The average Bonchev–Trinajstić information content (AvgIpc) is 2.69. The molecule has 2 aromatic heterocycles. The molecule has 0 atom stereocenters. The number of hydrogen-bond donors (Lipinski definition) is 0. The van der Waals surface area contributed by atoms with Gasteiger partial charge in [-0.25, -0.2) is 9.97 Å². The Hall–Kier alpha value is -0.720. The zero-order valence-corrected chi connectivity index (χ0v) is 12.1. The van der Waals surface area contributed by atoms with E-state index >= 15 is 0 Å². The molecule has 0 aliphatic rings. The van der Waals surface area contributed by atoms with Crippen molar-refractivity contribution >= 4 is 34.9 Å². The highest BCUT2D eigenvalue weighted by Crippen LogP contribution is 2.25. The molecule has 17 heavy (non-hydrogen) atoms. The minimum Gasteiger partial charge on any atom is -0.228 e. The van der Waals surface area contributed by atoms with Crippen molar-refractivity contribution in [2.75, 3.05) is 0 Å². The SMILES string of the molecule is Cc1nc(SCc2nnsc2Cl)nc(C)c1C. The number of hydrogen-bond acceptors (Lipinski definition) is 6. The molecule has 0 bridgehead atoms. The number of nitrogens with zero attached hydrogens (tertiary/aromatic N) is 4. The summed E-state index contributed by atoms with van der Waals surface area (Å²) >= 11 is 8.66. The molecule has 2 aromatic rings. The van der Waals surface area contributed by atoms with E-state index in [1.807, 2.05) is 20.8 Å². The molecule has 0 spiro atoms. The van der Waals surface area contributed by atoms with Gasteiger partial charge in [0.1, 0.15) is 10.0 Å². The molecule has 0 aliphatic heterocycles. The highest BCUT2D eigenvalue weighted by atomic mass is 35.5. The van der Waals surface area contributed by atoms with Crippen molar-refractivity contribution in [2.45, 2.75) is 31.7 Å². The normalized spacial score (nSPS) is 10.8. The fourth-order valence-corrected chi connectivity index (χ4v) is 2.89. The third kappa shape index (κ3) is 2.94. The summed E-state index contributed by atoms with van der Waals surface area (Å²) in [5.41, 5.74) is 3.97. The highest BCUT2D eigenvalue weighted by molar-refractivity contribution is 7.98. The van der Waals surface area contributed by atoms with E-state index in [0.29, 0.717) is 10.1 Å². The molecule has 2 rings (SSSR count). The summed E-state index contributed by atoms with van der Waals surface area (Å²) in [5, 5.41) is 4.71. The number of aromatic nitrogens is 4. The van der Waals surface area contributed by atoms with Crippen LogP contribution in [0.4, 0.5) is 0 Å². The summed E-state index contributed by atoms with van der Waals surface area (Å²) in [6.45, 7) is 6.01. The average molecular weight is 287 g/mol. The lowest BCUT2D eigenvalue weighted by atomic mass is 10.2. The largest absolute Gasteiger partial charge is 0.228 e. The van der Waals surface area contributed by atoms with Gasteiger partial charge in [-0.05, 0) is 26.3 Å². The predicted molar refractivity (Wildman–Crippen MR) is 70.7 cm³/mol. The van der Waals surface area contributed by atoms with E-state index in [9.17, 15) is 0 Å². The van der Waals surface area contributed by atoms with Gasteiger partial charge in [-0.1, -0.05) is 27.9 Å². The second kappa shape index (κ2) is 5.29. The van der Waals surface area contributed by atoms with Crippen molar-refractivity contribution in [3.05, 3.63) is 27.0 Å². The highest BCUT2D eigenvalue weighted by Gasteiger charge is 2.09. The van der Waals surface area contributed by atoms with Gasteiger partial charge >= 0.3 is 0 Å². The summed E-state index contributed by atoms with van der Waals surface area (Å²) in [4.78, 5) is 8.85. The smallest absolute Gasteiger partial charge is 0.188 e. The fraction of sp³-hybridized carbons (Fsp3) is 0.400. The van der Waals surface area contributed by atoms with Crippen LogP contribution in [0.1, 0.15) is 22.6 Å². The minimum absolute atomic E-state index is 0.637. The van der Waals surface area contributed by atoms with Gasteiger partial charge in [-0.3, -0.25) is 0 Å². The first-order valence-electron chi connectivity index (χ1n) is 4.99. The van der Waals surface area contributed by atoms with Crippen LogP contribution in [-0.2, 0) is 5.75 Å². The zero-order chi connectivity index (χ0) is 12.4. The molecule has 4 nitrogen and oxygen atoms in total. The van der Waals surface area contributed by atoms with Crippen LogP contribution in [0.15, 0.2) is 5.16 Å². The van der Waals surface area contributed by atoms with Gasteiger partial charge in [-0.2, -0.15) is 0 Å². The first-order chi connectivity index (χ1) is 8.08. The van der Waals surface area contributed by atoms with Crippen LogP contribution in [-0.4, -0.2) is 19.6 Å². The van der Waals surface area contributed by atoms with Gasteiger partial charge in [0.15, 0.2) is 5.16 Å². The van der Waals surface area contributed by atoms with Crippen LogP contribution < -0.4 is 0 Å². The Labute approximate surface area is 113 Å². The molecule has 0 N–H and O–H groups in total. The summed E-state index contributed by atoms with van der Waals surface area (Å²) in [5.74, 6) is 0.650. The van der Waals surface area contributed by atoms with Crippen LogP contribution in [0.2, 0.25) is 4.34 Å².